The summed E-state index contributed by atoms with van der Waals surface area (Å²) in [5, 5.41) is 5.84. The fourth-order valence-corrected chi connectivity index (χ4v) is 2.83. The van der Waals surface area contributed by atoms with Gasteiger partial charge in [-0.3, -0.25) is 14.4 Å². The Morgan fingerprint density at radius 2 is 2.12 bits per heavy atom. The number of carbonyl (C=O) groups is 2. The highest BCUT2D eigenvalue weighted by atomic mass is 16.5. The van der Waals surface area contributed by atoms with Crippen molar-refractivity contribution in [2.24, 2.45) is 5.41 Å². The van der Waals surface area contributed by atoms with Crippen molar-refractivity contribution in [3.05, 3.63) is 28.3 Å². The quantitative estimate of drug-likeness (QED) is 0.859. The van der Waals surface area contributed by atoms with E-state index in [1.807, 2.05) is 20.8 Å². The van der Waals surface area contributed by atoms with Crippen LogP contribution in [0.5, 0.6) is 5.75 Å². The van der Waals surface area contributed by atoms with Gasteiger partial charge in [0.2, 0.25) is 17.1 Å². The predicted octanol–water partition coefficient (Wildman–Crippen LogP) is 1.14. The molecular formula is C17H24N2O5. The summed E-state index contributed by atoms with van der Waals surface area (Å²) in [5.74, 6) is 0.0204. The van der Waals surface area contributed by atoms with Crippen molar-refractivity contribution in [3.63, 3.8) is 0 Å². The summed E-state index contributed by atoms with van der Waals surface area (Å²) < 4.78 is 10.4. The van der Waals surface area contributed by atoms with Crippen LogP contribution in [0.2, 0.25) is 0 Å². The number of nitrogens with one attached hydrogen (secondary N) is 2. The second kappa shape index (κ2) is 7.07. The molecule has 2 N–H and O–H groups in total. The van der Waals surface area contributed by atoms with Crippen LogP contribution in [0.1, 0.15) is 39.4 Å². The van der Waals surface area contributed by atoms with Crippen LogP contribution in [0.15, 0.2) is 21.5 Å². The Balaban J connectivity index is 1.98. The largest absolute Gasteiger partial charge is 0.476 e. The first kappa shape index (κ1) is 18.0. The van der Waals surface area contributed by atoms with Gasteiger partial charge in [-0.05, 0) is 18.8 Å². The van der Waals surface area contributed by atoms with Crippen LogP contribution < -0.4 is 20.8 Å². The molecule has 0 aromatic carbocycles. The summed E-state index contributed by atoms with van der Waals surface area (Å²) in [6.07, 6.45) is 2.23. The Morgan fingerprint density at radius 3 is 2.75 bits per heavy atom. The molecule has 1 aliphatic rings. The van der Waals surface area contributed by atoms with Crippen molar-refractivity contribution in [1.82, 2.24) is 10.6 Å². The molecule has 0 bridgehead atoms. The van der Waals surface area contributed by atoms with Crippen LogP contribution in [-0.4, -0.2) is 30.5 Å². The van der Waals surface area contributed by atoms with Gasteiger partial charge < -0.3 is 19.8 Å². The predicted molar refractivity (Wildman–Crippen MR) is 87.8 cm³/mol. The highest BCUT2D eigenvalue weighted by Gasteiger charge is 2.37. The van der Waals surface area contributed by atoms with Gasteiger partial charge in [0.05, 0.1) is 18.3 Å². The lowest BCUT2D eigenvalue weighted by Crippen LogP contribution is -2.60. The van der Waals surface area contributed by atoms with E-state index in [-0.39, 0.29) is 47.1 Å². The molecule has 2 heterocycles. The summed E-state index contributed by atoms with van der Waals surface area (Å²) in [7, 11) is 0. The molecule has 1 aliphatic heterocycles. The van der Waals surface area contributed by atoms with Crippen LogP contribution in [0.4, 0.5) is 0 Å². The zero-order valence-corrected chi connectivity index (χ0v) is 14.5. The molecule has 24 heavy (non-hydrogen) atoms. The van der Waals surface area contributed by atoms with Gasteiger partial charge in [-0.25, -0.2) is 0 Å². The minimum absolute atomic E-state index is 0.00538. The van der Waals surface area contributed by atoms with Crippen molar-refractivity contribution < 1.29 is 18.7 Å². The van der Waals surface area contributed by atoms with Crippen LogP contribution in [-0.2, 0) is 9.59 Å². The fourth-order valence-electron chi connectivity index (χ4n) is 2.83. The maximum atomic E-state index is 12.2. The summed E-state index contributed by atoms with van der Waals surface area (Å²) in [4.78, 5) is 35.5. The number of amides is 2. The molecule has 132 valence electrons. The first-order chi connectivity index (χ1) is 11.2. The minimum Gasteiger partial charge on any atom is -0.476 e. The van der Waals surface area contributed by atoms with E-state index in [1.54, 1.807) is 6.92 Å². The lowest BCUT2D eigenvalue weighted by molar-refractivity contribution is -0.129. The van der Waals surface area contributed by atoms with E-state index in [0.29, 0.717) is 18.6 Å². The average Bonchev–Trinajstić information content (AvgIpc) is 2.47. The molecule has 2 rings (SSSR count). The molecule has 1 fully saturated rings. The van der Waals surface area contributed by atoms with Gasteiger partial charge in [-0.2, -0.15) is 0 Å². The van der Waals surface area contributed by atoms with Gasteiger partial charge in [0.1, 0.15) is 5.76 Å². The Hall–Kier alpha value is -2.31. The molecule has 7 heteroatoms. The molecule has 0 spiro atoms. The van der Waals surface area contributed by atoms with Gasteiger partial charge in [0.25, 0.3) is 5.91 Å². The molecule has 7 nitrogen and oxygen atoms in total. The van der Waals surface area contributed by atoms with Gasteiger partial charge >= 0.3 is 0 Å². The Labute approximate surface area is 140 Å². The summed E-state index contributed by atoms with van der Waals surface area (Å²) >= 11 is 0. The number of ether oxygens (including phenoxy) is 1. The number of aryl methyl sites for hydroxylation is 1. The molecule has 0 radical (unpaired) electrons. The number of hydrogen-bond acceptors (Lipinski definition) is 5. The van der Waals surface area contributed by atoms with E-state index in [1.165, 1.54) is 12.3 Å². The third-order valence-electron chi connectivity index (χ3n) is 4.04. The molecule has 1 aromatic heterocycles. The zero-order valence-electron chi connectivity index (χ0n) is 14.5. The van der Waals surface area contributed by atoms with Gasteiger partial charge in [0, 0.05) is 12.5 Å². The molecule has 0 saturated carbocycles. The second-order valence-corrected chi connectivity index (χ2v) is 7.08. The topological polar surface area (TPSA) is 97.6 Å². The van der Waals surface area contributed by atoms with Crippen LogP contribution in [0.3, 0.4) is 0 Å². The molecule has 2 atom stereocenters. The fraction of sp³-hybridized carbons (Fsp3) is 0.588. The third-order valence-corrected chi connectivity index (χ3v) is 4.04. The molecule has 1 saturated heterocycles. The SMILES string of the molecule is Cc1occc(=O)c1OCC(=O)N[C@@H]1CCC(=O)N[C@H]1C(C)(C)C. The van der Waals surface area contributed by atoms with Gasteiger partial charge in [0.15, 0.2) is 6.61 Å². The third kappa shape index (κ3) is 4.37. The van der Waals surface area contributed by atoms with E-state index in [9.17, 15) is 14.4 Å². The summed E-state index contributed by atoms with van der Waals surface area (Å²) in [6.45, 7) is 7.35. The number of piperidine rings is 1. The summed E-state index contributed by atoms with van der Waals surface area (Å²) in [6, 6.07) is 0.908. The summed E-state index contributed by atoms with van der Waals surface area (Å²) in [5.41, 5.74) is -0.518. The molecule has 0 unspecified atom stereocenters. The highest BCUT2D eigenvalue weighted by molar-refractivity contribution is 5.80. The lowest BCUT2D eigenvalue weighted by atomic mass is 9.79. The van der Waals surface area contributed by atoms with Gasteiger partial charge in [-0.1, -0.05) is 20.8 Å². The van der Waals surface area contributed by atoms with Crippen molar-refractivity contribution in [2.75, 3.05) is 6.61 Å². The normalized spacial score (nSPS) is 21.1. The Morgan fingerprint density at radius 1 is 1.42 bits per heavy atom. The highest BCUT2D eigenvalue weighted by Crippen LogP contribution is 2.26. The molecule has 2 amide bonds. The van der Waals surface area contributed by atoms with E-state index in [2.05, 4.69) is 10.6 Å². The molecular weight excluding hydrogens is 312 g/mol. The van der Waals surface area contributed by atoms with Crippen LogP contribution >= 0.6 is 0 Å². The smallest absolute Gasteiger partial charge is 0.258 e. The van der Waals surface area contributed by atoms with Gasteiger partial charge in [-0.15, -0.1) is 0 Å². The Bertz CT molecular complexity index is 674. The number of carbonyl (C=O) groups excluding carboxylic acids is 2. The number of hydrogen-bond donors (Lipinski definition) is 2. The standard InChI is InChI=1S/C17H24N2O5/c1-10-15(12(20)7-8-23-10)24-9-14(22)18-11-5-6-13(21)19-16(11)17(2,3)4/h7-8,11,16H,5-6,9H2,1-4H3,(H,18,22)(H,19,21)/t11-,16-/m1/s1. The van der Waals surface area contributed by atoms with Crippen LogP contribution in [0.25, 0.3) is 0 Å². The van der Waals surface area contributed by atoms with E-state index in [4.69, 9.17) is 9.15 Å². The van der Waals surface area contributed by atoms with Crippen LogP contribution in [0, 0.1) is 12.3 Å². The van der Waals surface area contributed by atoms with Crippen molar-refractivity contribution in [3.8, 4) is 5.75 Å². The van der Waals surface area contributed by atoms with E-state index in [0.717, 1.165) is 0 Å². The lowest BCUT2D eigenvalue weighted by Gasteiger charge is -2.41. The molecule has 0 aliphatic carbocycles. The molecule has 1 aromatic rings. The van der Waals surface area contributed by atoms with E-state index < -0.39 is 0 Å². The average molecular weight is 336 g/mol. The zero-order chi connectivity index (χ0) is 17.9. The second-order valence-electron chi connectivity index (χ2n) is 7.08. The first-order valence-electron chi connectivity index (χ1n) is 7.98. The maximum Gasteiger partial charge on any atom is 0.258 e. The van der Waals surface area contributed by atoms with E-state index >= 15 is 0 Å². The maximum absolute atomic E-state index is 12.2. The Kier molecular flexibility index (Phi) is 5.31. The van der Waals surface area contributed by atoms with Crippen molar-refractivity contribution >= 4 is 11.8 Å². The van der Waals surface area contributed by atoms with Crippen molar-refractivity contribution in [2.45, 2.75) is 52.6 Å². The van der Waals surface area contributed by atoms with Crippen molar-refractivity contribution in [1.29, 1.82) is 0 Å². The monoisotopic (exact) mass is 336 g/mol. The minimum atomic E-state index is -0.340. The first-order valence-corrected chi connectivity index (χ1v) is 7.98. The number of rotatable bonds is 4.